The third-order valence-electron chi connectivity index (χ3n) is 19.2. The molecule has 0 radical (unpaired) electrons. The van der Waals surface area contributed by atoms with Crippen molar-refractivity contribution in [3.63, 3.8) is 0 Å². The van der Waals surface area contributed by atoms with Crippen LogP contribution in [0.25, 0.3) is 0 Å². The Kier molecular flexibility index (Phi) is 79.6. The fraction of sp³-hybridized carbons (Fsp3) is 0.763. The van der Waals surface area contributed by atoms with Gasteiger partial charge in [0.15, 0.2) is 6.10 Å². The Bertz CT molecular complexity index is 2160. The molecule has 0 aromatic heterocycles. The van der Waals surface area contributed by atoms with Gasteiger partial charge in [0.05, 0.1) is 27.7 Å². The Labute approximate surface area is 639 Å². The zero-order valence-corrected chi connectivity index (χ0v) is 69.1. The molecule has 0 aromatic carbocycles. The summed E-state index contributed by atoms with van der Waals surface area (Å²) in [7, 11) is 1.16. The predicted octanol–water partition coefficient (Wildman–Crippen LogP) is 29.0. The van der Waals surface area contributed by atoms with Crippen molar-refractivity contribution in [1.82, 2.24) is 0 Å². The molecule has 0 heterocycles. The Morgan fingerprint density at radius 1 is 0.311 bits per heavy atom. The Morgan fingerprint density at radius 2 is 0.553 bits per heavy atom. The van der Waals surface area contributed by atoms with Crippen molar-refractivity contribution in [2.24, 2.45) is 0 Å². The van der Waals surface area contributed by atoms with E-state index in [4.69, 9.17) is 18.5 Å². The predicted molar refractivity (Wildman–Crippen MR) is 448 cm³/mol. The molecule has 0 fully saturated rings. The summed E-state index contributed by atoms with van der Waals surface area (Å²) >= 11 is 0. The van der Waals surface area contributed by atoms with Gasteiger partial charge in [0.1, 0.15) is 19.8 Å². The molecule has 0 aromatic rings. The highest BCUT2D eigenvalue weighted by molar-refractivity contribution is 7.45. The van der Waals surface area contributed by atoms with E-state index in [9.17, 15) is 19.0 Å². The van der Waals surface area contributed by atoms with Crippen LogP contribution in [0, 0.1) is 0 Å². The molecule has 0 aliphatic heterocycles. The molecule has 0 spiro atoms. The highest BCUT2D eigenvalue weighted by atomic mass is 31.2. The summed E-state index contributed by atoms with van der Waals surface area (Å²) in [5, 5.41) is 0. The fourth-order valence-corrected chi connectivity index (χ4v) is 13.4. The zero-order valence-electron chi connectivity index (χ0n) is 68.2. The maximum Gasteiger partial charge on any atom is 0.306 e. The van der Waals surface area contributed by atoms with E-state index in [-0.39, 0.29) is 32.0 Å². The van der Waals surface area contributed by atoms with Gasteiger partial charge < -0.3 is 27.9 Å². The van der Waals surface area contributed by atoms with Crippen molar-refractivity contribution in [3.8, 4) is 0 Å². The SMILES string of the molecule is CC/C=C\C/C=C\C/C=C\C/C=C\C/C=C\C/C=C\C/C=C\C/C=C\C/C=C\C/C=C\CCCCCCCCCCC(=O)OC(COC(=O)CCCCCCCCCCCCCCCCCCCCCCCCCCCCCCCCCCCCCCCCCC)COP(=O)([O-])OCC[N+](C)(C)C. The highest BCUT2D eigenvalue weighted by Gasteiger charge is 2.22. The first kappa shape index (κ1) is 99.4. The lowest BCUT2D eigenvalue weighted by atomic mass is 10.0. The maximum absolute atomic E-state index is 12.9. The molecular weight excluding hydrogens is 1290 g/mol. The second-order valence-electron chi connectivity index (χ2n) is 30.5. The number of nitrogens with zero attached hydrogens (tertiary/aromatic N) is 1. The summed E-state index contributed by atoms with van der Waals surface area (Å²) in [5.41, 5.74) is 0. The monoisotopic (exact) mass is 1460 g/mol. The van der Waals surface area contributed by atoms with Crippen LogP contribution in [0.1, 0.15) is 406 Å². The normalized spacial score (nSPS) is 13.6. The van der Waals surface area contributed by atoms with Gasteiger partial charge in [0, 0.05) is 12.8 Å². The van der Waals surface area contributed by atoms with E-state index in [2.05, 4.69) is 135 Å². The van der Waals surface area contributed by atoms with Crippen molar-refractivity contribution >= 4 is 19.8 Å². The Morgan fingerprint density at radius 3 is 0.825 bits per heavy atom. The van der Waals surface area contributed by atoms with Gasteiger partial charge in [-0.15, -0.1) is 0 Å². The summed E-state index contributed by atoms with van der Waals surface area (Å²) < 4.78 is 34.4. The largest absolute Gasteiger partial charge is 0.756 e. The van der Waals surface area contributed by atoms with E-state index in [1.165, 1.54) is 263 Å². The van der Waals surface area contributed by atoms with Gasteiger partial charge in [-0.1, -0.05) is 424 Å². The van der Waals surface area contributed by atoms with Gasteiger partial charge in [0.25, 0.3) is 7.82 Å². The third kappa shape index (κ3) is 87.2. The summed E-state index contributed by atoms with van der Waals surface area (Å²) in [6.07, 6.45) is 119. The van der Waals surface area contributed by atoms with Crippen LogP contribution in [-0.4, -0.2) is 70.0 Å². The molecule has 103 heavy (non-hydrogen) atoms. The minimum atomic E-state index is -4.66. The number of phosphoric acid groups is 1. The number of carbonyl (C=O) groups excluding carboxylic acids is 2. The molecule has 0 aliphatic carbocycles. The Balaban J connectivity index is 3.95. The molecule has 9 nitrogen and oxygen atoms in total. The van der Waals surface area contributed by atoms with E-state index in [1.54, 1.807) is 0 Å². The van der Waals surface area contributed by atoms with Crippen LogP contribution < -0.4 is 4.89 Å². The summed E-state index contributed by atoms with van der Waals surface area (Å²) in [6, 6.07) is 0. The molecule has 2 unspecified atom stereocenters. The van der Waals surface area contributed by atoms with E-state index in [0.717, 1.165) is 109 Å². The summed E-state index contributed by atoms with van der Waals surface area (Å²) in [6.45, 7) is 4.16. The van der Waals surface area contributed by atoms with Crippen LogP contribution in [0.4, 0.5) is 0 Å². The molecule has 0 amide bonds. The van der Waals surface area contributed by atoms with Gasteiger partial charge in [-0.3, -0.25) is 14.2 Å². The molecule has 0 saturated carbocycles. The molecule has 596 valence electrons. The molecule has 2 atom stereocenters. The molecule has 0 rings (SSSR count). The number of phosphoric ester groups is 1. The molecule has 0 aliphatic rings. The molecular formula is C93H166NO8P. The average Bonchev–Trinajstić information content (AvgIpc) is 1.01. The number of allylic oxidation sites excluding steroid dienone is 20. The third-order valence-corrected chi connectivity index (χ3v) is 20.2. The molecule has 0 N–H and O–H groups in total. The van der Waals surface area contributed by atoms with E-state index >= 15 is 0 Å². The van der Waals surface area contributed by atoms with Gasteiger partial charge in [-0.25, -0.2) is 0 Å². The van der Waals surface area contributed by atoms with Crippen LogP contribution in [0.5, 0.6) is 0 Å². The van der Waals surface area contributed by atoms with Gasteiger partial charge in [-0.2, -0.15) is 0 Å². The van der Waals surface area contributed by atoms with Gasteiger partial charge in [-0.05, 0) is 89.9 Å². The van der Waals surface area contributed by atoms with Gasteiger partial charge >= 0.3 is 11.9 Å². The van der Waals surface area contributed by atoms with E-state index in [0.29, 0.717) is 17.4 Å². The Hall–Kier alpha value is -3.59. The number of carbonyl (C=O) groups is 2. The number of likely N-dealkylation sites (N-methyl/N-ethyl adjacent to an activating group) is 1. The average molecular weight is 1460 g/mol. The lowest BCUT2D eigenvalue weighted by Crippen LogP contribution is -2.37. The molecule has 10 heteroatoms. The number of hydrogen-bond acceptors (Lipinski definition) is 8. The molecule has 0 bridgehead atoms. The van der Waals surface area contributed by atoms with Crippen molar-refractivity contribution in [2.45, 2.75) is 412 Å². The second-order valence-corrected chi connectivity index (χ2v) is 31.9. The van der Waals surface area contributed by atoms with Crippen LogP contribution in [-0.2, 0) is 32.7 Å². The number of hydrogen-bond donors (Lipinski definition) is 0. The van der Waals surface area contributed by atoms with E-state index < -0.39 is 26.5 Å². The van der Waals surface area contributed by atoms with Crippen molar-refractivity contribution in [1.29, 1.82) is 0 Å². The smallest absolute Gasteiger partial charge is 0.306 e. The first-order valence-electron chi connectivity index (χ1n) is 43.7. The standard InChI is InChI=1S/C93H166NO8P/c1-6-8-10-12-14-16-18-20-22-24-26-28-30-32-34-36-38-40-42-44-46-48-49-51-53-55-57-59-61-63-65-67-69-71-73-75-77-79-81-83-85-92(95)99-89-91(90-101-103(97,98)100-88-87-94(3,4)5)102-93(96)86-84-82-80-78-76-74-72-70-68-66-64-62-60-58-56-54-52-50-47-45-43-41-39-37-35-33-31-29-27-25-23-21-19-17-15-13-11-9-7-2/h9,11,15,17,21,23,27,29,33,35,39,41,45,47,52,54,58,60,64,66,91H,6-8,10,12-14,16,18-20,22,24-26,28,30-32,34,36-38,40,42-44,46,48-51,53,55-57,59,61-63,65,67-90H2,1-5H3/b11-9-,17-15-,23-21-,29-27-,35-33-,41-39-,47-45-,54-52-,60-58-,66-64-. The topological polar surface area (TPSA) is 111 Å². The second kappa shape index (κ2) is 82.5. The number of rotatable bonds is 81. The lowest BCUT2D eigenvalue weighted by Gasteiger charge is -2.28. The van der Waals surface area contributed by atoms with Crippen LogP contribution in [0.3, 0.4) is 0 Å². The number of esters is 2. The van der Waals surface area contributed by atoms with E-state index in [1.807, 2.05) is 21.1 Å². The van der Waals surface area contributed by atoms with Gasteiger partial charge in [0.2, 0.25) is 0 Å². The number of unbranched alkanes of at least 4 members (excludes halogenated alkanes) is 47. The summed E-state index contributed by atoms with van der Waals surface area (Å²) in [5.74, 6) is -0.833. The fourth-order valence-electron chi connectivity index (χ4n) is 12.6. The minimum Gasteiger partial charge on any atom is -0.756 e. The van der Waals surface area contributed by atoms with Crippen LogP contribution in [0.15, 0.2) is 122 Å². The van der Waals surface area contributed by atoms with Crippen molar-refractivity contribution < 1.29 is 42.1 Å². The van der Waals surface area contributed by atoms with Crippen molar-refractivity contribution in [2.75, 3.05) is 47.5 Å². The highest BCUT2D eigenvalue weighted by Crippen LogP contribution is 2.38. The number of ether oxygens (including phenoxy) is 2. The minimum absolute atomic E-state index is 0.0360. The zero-order chi connectivity index (χ0) is 74.7. The first-order chi connectivity index (χ1) is 50.5. The maximum atomic E-state index is 12.9. The quantitative estimate of drug-likeness (QED) is 0.0195. The lowest BCUT2D eigenvalue weighted by molar-refractivity contribution is -0.870. The van der Waals surface area contributed by atoms with Crippen molar-refractivity contribution in [3.05, 3.63) is 122 Å². The van der Waals surface area contributed by atoms with Crippen LogP contribution in [0.2, 0.25) is 0 Å². The van der Waals surface area contributed by atoms with Crippen LogP contribution >= 0.6 is 7.82 Å². The molecule has 0 saturated heterocycles. The number of quaternary nitrogens is 1. The first-order valence-corrected chi connectivity index (χ1v) is 45.2. The summed E-state index contributed by atoms with van der Waals surface area (Å²) in [4.78, 5) is 38.2.